The first kappa shape index (κ1) is 19.4. The molecule has 1 amide bonds. The van der Waals surface area contributed by atoms with Gasteiger partial charge >= 0.3 is 12.1 Å². The minimum Gasteiger partial charge on any atom is -0.469 e. The van der Waals surface area contributed by atoms with Crippen molar-refractivity contribution in [3.63, 3.8) is 0 Å². The molecule has 0 aliphatic rings. The third-order valence-electron chi connectivity index (χ3n) is 1.96. The number of hydrogen-bond donors (Lipinski definition) is 1. The van der Waals surface area contributed by atoms with Crippen molar-refractivity contribution in [1.29, 1.82) is 0 Å². The van der Waals surface area contributed by atoms with E-state index in [2.05, 4.69) is 10.1 Å². The van der Waals surface area contributed by atoms with Gasteiger partial charge in [-0.3, -0.25) is 4.79 Å². The molecule has 0 fully saturated rings. The minimum absolute atomic E-state index is 0.141. The molecular weight excluding hydrogens is 298 g/mol. The lowest BCUT2D eigenvalue weighted by Gasteiger charge is -2.25. The molecule has 0 aromatic rings. The highest BCUT2D eigenvalue weighted by atomic mass is 33.1. The molecule has 0 rings (SSSR count). The lowest BCUT2D eigenvalue weighted by Crippen LogP contribution is -2.39. The number of methoxy groups -OCH3 is 1. The standard InChI is InChI=1S/C13H25NO4S2/c1-12(2,3)18-11(16)14-9-13(4,5)20-19-8-7-10(15)17-6/h7-9H2,1-6H3,(H,14,16). The molecule has 0 atom stereocenters. The number of ether oxygens (including phenoxy) is 2. The molecule has 0 radical (unpaired) electrons. The first-order valence-electron chi connectivity index (χ1n) is 6.40. The van der Waals surface area contributed by atoms with Crippen molar-refractivity contribution < 1.29 is 19.1 Å². The molecule has 1 N–H and O–H groups in total. The van der Waals surface area contributed by atoms with E-state index < -0.39 is 11.7 Å². The van der Waals surface area contributed by atoms with Gasteiger partial charge in [0.2, 0.25) is 0 Å². The van der Waals surface area contributed by atoms with Crippen LogP contribution < -0.4 is 5.32 Å². The van der Waals surface area contributed by atoms with Crippen molar-refractivity contribution in [3.8, 4) is 0 Å². The van der Waals surface area contributed by atoms with Crippen LogP contribution in [-0.2, 0) is 14.3 Å². The number of nitrogens with one attached hydrogen (secondary N) is 1. The van der Waals surface area contributed by atoms with Crippen LogP contribution in [0.5, 0.6) is 0 Å². The van der Waals surface area contributed by atoms with Crippen molar-refractivity contribution in [2.75, 3.05) is 19.4 Å². The summed E-state index contributed by atoms with van der Waals surface area (Å²) in [5.41, 5.74) is -0.489. The number of alkyl carbamates (subject to hydrolysis) is 1. The van der Waals surface area contributed by atoms with Crippen LogP contribution in [0.3, 0.4) is 0 Å². The fraction of sp³-hybridized carbons (Fsp3) is 0.846. The van der Waals surface area contributed by atoms with Crippen LogP contribution in [0.25, 0.3) is 0 Å². The highest BCUT2D eigenvalue weighted by molar-refractivity contribution is 8.77. The summed E-state index contributed by atoms with van der Waals surface area (Å²) in [6, 6.07) is 0. The van der Waals surface area contributed by atoms with E-state index >= 15 is 0 Å². The average molecular weight is 323 g/mol. The smallest absolute Gasteiger partial charge is 0.407 e. The summed E-state index contributed by atoms with van der Waals surface area (Å²) in [6.45, 7) is 10.0. The zero-order chi connectivity index (χ0) is 15.8. The molecule has 0 spiro atoms. The van der Waals surface area contributed by atoms with Gasteiger partial charge in [0, 0.05) is 17.0 Å². The summed E-state index contributed by atoms with van der Waals surface area (Å²) in [5.74, 6) is 0.482. The maximum atomic E-state index is 11.6. The summed E-state index contributed by atoms with van der Waals surface area (Å²) in [5, 5.41) is 2.75. The molecule has 0 aromatic carbocycles. The van der Waals surface area contributed by atoms with Crippen LogP contribution in [0.15, 0.2) is 0 Å². The average Bonchev–Trinajstić information content (AvgIpc) is 2.30. The zero-order valence-corrected chi connectivity index (χ0v) is 14.7. The normalized spacial score (nSPS) is 11.9. The van der Waals surface area contributed by atoms with Crippen molar-refractivity contribution >= 4 is 33.7 Å². The van der Waals surface area contributed by atoms with Crippen LogP contribution in [0, 0.1) is 0 Å². The van der Waals surface area contributed by atoms with Crippen molar-refractivity contribution in [1.82, 2.24) is 5.32 Å². The Morgan fingerprint density at radius 3 is 2.25 bits per heavy atom. The van der Waals surface area contributed by atoms with Crippen LogP contribution in [0.1, 0.15) is 41.0 Å². The number of amides is 1. The third kappa shape index (κ3) is 11.3. The van der Waals surface area contributed by atoms with Gasteiger partial charge in [-0.1, -0.05) is 21.6 Å². The van der Waals surface area contributed by atoms with Crippen LogP contribution in [-0.4, -0.2) is 41.8 Å². The first-order chi connectivity index (χ1) is 9.06. The number of carbonyl (C=O) groups is 2. The molecule has 0 saturated carbocycles. The van der Waals surface area contributed by atoms with Gasteiger partial charge in [0.15, 0.2) is 0 Å². The van der Waals surface area contributed by atoms with E-state index in [1.807, 2.05) is 34.6 Å². The second-order valence-electron chi connectivity index (χ2n) is 5.85. The summed E-state index contributed by atoms with van der Waals surface area (Å²) < 4.78 is 9.61. The zero-order valence-electron chi connectivity index (χ0n) is 13.1. The topological polar surface area (TPSA) is 64.6 Å². The Labute approximate surface area is 129 Å². The Balaban J connectivity index is 3.89. The lowest BCUT2D eigenvalue weighted by atomic mass is 10.2. The van der Waals surface area contributed by atoms with Gasteiger partial charge in [-0.25, -0.2) is 4.79 Å². The highest BCUT2D eigenvalue weighted by Crippen LogP contribution is 2.35. The molecule has 0 bridgehead atoms. The molecular formula is C13H25NO4S2. The van der Waals surface area contributed by atoms with Gasteiger partial charge in [-0.15, -0.1) is 0 Å². The Morgan fingerprint density at radius 2 is 1.75 bits per heavy atom. The van der Waals surface area contributed by atoms with E-state index in [4.69, 9.17) is 4.74 Å². The monoisotopic (exact) mass is 323 g/mol. The van der Waals surface area contributed by atoms with Crippen molar-refractivity contribution in [2.45, 2.75) is 51.4 Å². The van der Waals surface area contributed by atoms with E-state index in [0.717, 1.165) is 0 Å². The Hall–Kier alpha value is -0.560. The minimum atomic E-state index is -0.489. The Bertz CT molecular complexity index is 327. The highest BCUT2D eigenvalue weighted by Gasteiger charge is 2.22. The predicted molar refractivity (Wildman–Crippen MR) is 85.0 cm³/mol. The summed E-state index contributed by atoms with van der Waals surface area (Å²) in [7, 11) is 4.61. The van der Waals surface area contributed by atoms with E-state index in [1.165, 1.54) is 7.11 Å². The molecule has 0 heterocycles. The second kappa shape index (κ2) is 8.67. The second-order valence-corrected chi connectivity index (χ2v) is 8.97. The molecule has 0 saturated heterocycles. The van der Waals surface area contributed by atoms with Gasteiger partial charge in [-0.05, 0) is 34.6 Å². The largest absolute Gasteiger partial charge is 0.469 e. The maximum absolute atomic E-state index is 11.6. The van der Waals surface area contributed by atoms with E-state index in [1.54, 1.807) is 21.6 Å². The molecule has 0 aliphatic heterocycles. The maximum Gasteiger partial charge on any atom is 0.407 e. The number of carbonyl (C=O) groups excluding carboxylic acids is 2. The summed E-state index contributed by atoms with van der Waals surface area (Å²) >= 11 is 0. The van der Waals surface area contributed by atoms with Crippen LogP contribution in [0.4, 0.5) is 4.79 Å². The number of hydrogen-bond acceptors (Lipinski definition) is 6. The van der Waals surface area contributed by atoms with Gasteiger partial charge < -0.3 is 14.8 Å². The Kier molecular flexibility index (Phi) is 8.42. The molecule has 20 heavy (non-hydrogen) atoms. The Morgan fingerprint density at radius 1 is 1.15 bits per heavy atom. The van der Waals surface area contributed by atoms with E-state index in [9.17, 15) is 9.59 Å². The van der Waals surface area contributed by atoms with Gasteiger partial charge in [-0.2, -0.15) is 0 Å². The molecule has 0 unspecified atom stereocenters. The first-order valence-corrected chi connectivity index (χ1v) is 8.72. The lowest BCUT2D eigenvalue weighted by molar-refractivity contribution is -0.140. The van der Waals surface area contributed by atoms with Gasteiger partial charge in [0.25, 0.3) is 0 Å². The van der Waals surface area contributed by atoms with Crippen molar-refractivity contribution in [2.24, 2.45) is 0 Å². The van der Waals surface area contributed by atoms with E-state index in [-0.39, 0.29) is 10.7 Å². The van der Waals surface area contributed by atoms with E-state index in [0.29, 0.717) is 18.7 Å². The predicted octanol–water partition coefficient (Wildman–Crippen LogP) is 3.23. The molecule has 5 nitrogen and oxygen atoms in total. The van der Waals surface area contributed by atoms with Crippen LogP contribution >= 0.6 is 21.6 Å². The molecule has 118 valence electrons. The summed E-state index contributed by atoms with van der Waals surface area (Å²) in [6.07, 6.45) is -0.0188. The quantitative estimate of drug-likeness (QED) is 0.441. The number of rotatable bonds is 7. The fourth-order valence-corrected chi connectivity index (χ4v) is 3.47. The number of esters is 1. The summed E-state index contributed by atoms with van der Waals surface area (Å²) in [4.78, 5) is 22.5. The molecule has 0 aromatic heterocycles. The van der Waals surface area contributed by atoms with Gasteiger partial charge in [0.1, 0.15) is 5.60 Å². The van der Waals surface area contributed by atoms with Gasteiger partial charge in [0.05, 0.1) is 13.5 Å². The van der Waals surface area contributed by atoms with Crippen molar-refractivity contribution in [3.05, 3.63) is 0 Å². The van der Waals surface area contributed by atoms with Crippen LogP contribution in [0.2, 0.25) is 0 Å². The molecule has 0 aliphatic carbocycles. The molecule has 7 heteroatoms. The SMILES string of the molecule is COC(=O)CCSSC(C)(C)CNC(=O)OC(C)(C)C. The fourth-order valence-electron chi connectivity index (χ4n) is 1.06. The third-order valence-corrected chi connectivity index (χ3v) is 5.25.